The molecular formula is C20H16N2O7. The fraction of sp³-hybridized carbons (Fsp3) is 0.100. The number of ether oxygens (including phenoxy) is 1. The summed E-state index contributed by atoms with van der Waals surface area (Å²) in [4.78, 5) is 46.4. The van der Waals surface area contributed by atoms with E-state index in [2.05, 4.69) is 5.32 Å². The lowest BCUT2D eigenvalue weighted by molar-refractivity contribution is -0.140. The van der Waals surface area contributed by atoms with E-state index in [1.807, 2.05) is 0 Å². The molecule has 0 bridgehead atoms. The number of carbonyl (C=O) groups excluding carboxylic acids is 2. The van der Waals surface area contributed by atoms with Gasteiger partial charge in [0.15, 0.2) is 0 Å². The Morgan fingerprint density at radius 1 is 1.03 bits per heavy atom. The van der Waals surface area contributed by atoms with Gasteiger partial charge in [-0.25, -0.2) is 14.5 Å². The third-order valence-corrected chi connectivity index (χ3v) is 4.07. The number of amides is 3. The lowest BCUT2D eigenvalue weighted by atomic mass is 10.1. The van der Waals surface area contributed by atoms with Crippen LogP contribution in [0.1, 0.15) is 21.5 Å². The number of para-hydroxylation sites is 1. The van der Waals surface area contributed by atoms with E-state index in [0.717, 1.165) is 5.56 Å². The van der Waals surface area contributed by atoms with Crippen molar-refractivity contribution in [1.29, 1.82) is 0 Å². The van der Waals surface area contributed by atoms with E-state index in [-0.39, 0.29) is 17.9 Å². The predicted octanol–water partition coefficient (Wildman–Crippen LogP) is 1.94. The van der Waals surface area contributed by atoms with Crippen LogP contribution in [0.5, 0.6) is 5.75 Å². The van der Waals surface area contributed by atoms with Crippen LogP contribution in [-0.4, -0.2) is 45.5 Å². The minimum atomic E-state index is -1.30. The zero-order valence-corrected chi connectivity index (χ0v) is 15.0. The number of aliphatic carboxylic acids is 1. The molecule has 3 amide bonds. The monoisotopic (exact) mass is 396 g/mol. The zero-order valence-electron chi connectivity index (χ0n) is 15.0. The molecule has 1 heterocycles. The van der Waals surface area contributed by atoms with Crippen LogP contribution in [0.2, 0.25) is 0 Å². The Balaban J connectivity index is 1.76. The molecule has 9 nitrogen and oxygen atoms in total. The van der Waals surface area contributed by atoms with E-state index in [1.54, 1.807) is 36.4 Å². The quantitative estimate of drug-likeness (QED) is 0.481. The summed E-state index contributed by atoms with van der Waals surface area (Å²) in [7, 11) is 0. The molecule has 0 saturated carbocycles. The number of hydrogen-bond acceptors (Lipinski definition) is 5. The summed E-state index contributed by atoms with van der Waals surface area (Å²) in [6.45, 7) is -0.571. The third kappa shape index (κ3) is 4.59. The van der Waals surface area contributed by atoms with Gasteiger partial charge in [-0.1, -0.05) is 30.3 Å². The van der Waals surface area contributed by atoms with Gasteiger partial charge >= 0.3 is 18.0 Å². The van der Waals surface area contributed by atoms with Crippen molar-refractivity contribution in [2.45, 2.75) is 6.61 Å². The highest BCUT2D eigenvalue weighted by Gasteiger charge is 2.35. The van der Waals surface area contributed by atoms with Gasteiger partial charge in [0.05, 0.1) is 5.56 Å². The smallest absolute Gasteiger partial charge is 0.335 e. The van der Waals surface area contributed by atoms with Crippen LogP contribution >= 0.6 is 0 Å². The van der Waals surface area contributed by atoms with Crippen molar-refractivity contribution in [1.82, 2.24) is 10.2 Å². The predicted molar refractivity (Wildman–Crippen MR) is 100 cm³/mol. The first-order valence-corrected chi connectivity index (χ1v) is 8.45. The molecule has 1 saturated heterocycles. The van der Waals surface area contributed by atoms with Crippen molar-refractivity contribution in [3.8, 4) is 5.75 Å². The maximum absolute atomic E-state index is 12.3. The van der Waals surface area contributed by atoms with Crippen LogP contribution in [0.3, 0.4) is 0 Å². The standard InChI is InChI=1S/C20H16N2O7/c23-17(24)10-22-18(25)15(21-20(22)28)9-14-3-1-2-4-16(14)29-11-12-5-7-13(8-6-12)19(26)27/h1-9H,10-11H2,(H,21,28)(H,23,24)(H,26,27)/b15-9+. The van der Waals surface area contributed by atoms with Gasteiger partial charge in [-0.15, -0.1) is 0 Å². The molecule has 1 aliphatic rings. The molecule has 1 fully saturated rings. The lowest BCUT2D eigenvalue weighted by Crippen LogP contribution is -2.35. The molecule has 0 radical (unpaired) electrons. The Hall–Kier alpha value is -4.14. The third-order valence-electron chi connectivity index (χ3n) is 4.07. The van der Waals surface area contributed by atoms with E-state index in [9.17, 15) is 19.2 Å². The number of nitrogens with one attached hydrogen (secondary N) is 1. The van der Waals surface area contributed by atoms with Crippen molar-refractivity contribution in [3.05, 3.63) is 70.9 Å². The zero-order chi connectivity index (χ0) is 21.0. The molecule has 1 aliphatic heterocycles. The van der Waals surface area contributed by atoms with Crippen molar-refractivity contribution in [2.24, 2.45) is 0 Å². The van der Waals surface area contributed by atoms with Crippen LogP contribution in [0.25, 0.3) is 6.08 Å². The van der Waals surface area contributed by atoms with E-state index in [4.69, 9.17) is 14.9 Å². The van der Waals surface area contributed by atoms with Gasteiger partial charge in [0.2, 0.25) is 0 Å². The normalized spacial score (nSPS) is 14.8. The highest BCUT2D eigenvalue weighted by molar-refractivity contribution is 6.15. The largest absolute Gasteiger partial charge is 0.488 e. The molecule has 148 valence electrons. The van der Waals surface area contributed by atoms with E-state index in [0.29, 0.717) is 16.2 Å². The number of carbonyl (C=O) groups is 4. The van der Waals surface area contributed by atoms with Gasteiger partial charge in [0.1, 0.15) is 24.6 Å². The molecule has 29 heavy (non-hydrogen) atoms. The Morgan fingerprint density at radius 2 is 1.72 bits per heavy atom. The van der Waals surface area contributed by atoms with E-state index in [1.165, 1.54) is 18.2 Å². The fourth-order valence-corrected chi connectivity index (χ4v) is 2.64. The number of hydrogen-bond donors (Lipinski definition) is 3. The number of aromatic carboxylic acids is 1. The first-order valence-electron chi connectivity index (χ1n) is 8.45. The van der Waals surface area contributed by atoms with Crippen LogP contribution < -0.4 is 10.1 Å². The molecular weight excluding hydrogens is 380 g/mol. The van der Waals surface area contributed by atoms with Gasteiger partial charge < -0.3 is 20.3 Å². The maximum atomic E-state index is 12.3. The average Bonchev–Trinajstić information content (AvgIpc) is 2.94. The minimum Gasteiger partial charge on any atom is -0.488 e. The highest BCUT2D eigenvalue weighted by atomic mass is 16.5. The van der Waals surface area contributed by atoms with Crippen LogP contribution in [0.4, 0.5) is 4.79 Å². The summed E-state index contributed by atoms with van der Waals surface area (Å²) in [6.07, 6.45) is 1.41. The van der Waals surface area contributed by atoms with Gasteiger partial charge in [-0.2, -0.15) is 0 Å². The second kappa shape index (κ2) is 8.26. The van der Waals surface area contributed by atoms with E-state index < -0.39 is 30.4 Å². The van der Waals surface area contributed by atoms with Crippen LogP contribution in [0.15, 0.2) is 54.2 Å². The average molecular weight is 396 g/mol. The number of rotatable bonds is 7. The number of imide groups is 1. The molecule has 3 N–H and O–H groups in total. The van der Waals surface area contributed by atoms with Crippen molar-refractivity contribution in [3.63, 3.8) is 0 Å². The Morgan fingerprint density at radius 3 is 2.38 bits per heavy atom. The van der Waals surface area contributed by atoms with Crippen LogP contribution in [-0.2, 0) is 16.2 Å². The first-order chi connectivity index (χ1) is 13.8. The molecule has 0 aliphatic carbocycles. The summed E-state index contributed by atoms with van der Waals surface area (Å²) in [5, 5.41) is 20.1. The number of benzene rings is 2. The van der Waals surface area contributed by atoms with E-state index >= 15 is 0 Å². The molecule has 9 heteroatoms. The SMILES string of the molecule is O=C(O)CN1C(=O)N/C(=C/c2ccccc2OCc2ccc(C(=O)O)cc2)C1=O. The summed E-state index contributed by atoms with van der Waals surface area (Å²) >= 11 is 0. The number of carboxylic acid groups (broad SMARTS) is 2. The molecule has 3 rings (SSSR count). The highest BCUT2D eigenvalue weighted by Crippen LogP contribution is 2.23. The number of carboxylic acids is 2. The molecule has 2 aromatic carbocycles. The minimum absolute atomic E-state index is 0.0573. The summed E-state index contributed by atoms with van der Waals surface area (Å²) in [6, 6.07) is 12.2. The van der Waals surface area contributed by atoms with Crippen molar-refractivity contribution in [2.75, 3.05) is 6.54 Å². The Labute approximate surface area is 164 Å². The molecule has 0 atom stereocenters. The van der Waals surface area contributed by atoms with Crippen molar-refractivity contribution < 1.29 is 34.1 Å². The fourth-order valence-electron chi connectivity index (χ4n) is 2.64. The Bertz CT molecular complexity index is 1010. The van der Waals surface area contributed by atoms with Gasteiger partial charge in [0.25, 0.3) is 5.91 Å². The molecule has 0 unspecified atom stereocenters. The second-order valence-corrected chi connectivity index (χ2v) is 6.10. The van der Waals surface area contributed by atoms with Gasteiger partial charge in [-0.05, 0) is 29.8 Å². The lowest BCUT2D eigenvalue weighted by Gasteiger charge is -2.10. The summed E-state index contributed by atoms with van der Waals surface area (Å²) in [5.74, 6) is -2.63. The summed E-state index contributed by atoms with van der Waals surface area (Å²) in [5.41, 5.74) is 1.37. The number of nitrogens with zero attached hydrogens (tertiary/aromatic N) is 1. The topological polar surface area (TPSA) is 133 Å². The first kappa shape index (κ1) is 19.6. The second-order valence-electron chi connectivity index (χ2n) is 6.10. The van der Waals surface area contributed by atoms with Gasteiger partial charge in [0, 0.05) is 5.56 Å². The molecule has 0 spiro atoms. The van der Waals surface area contributed by atoms with Crippen molar-refractivity contribution >= 4 is 30.0 Å². The van der Waals surface area contributed by atoms with Crippen LogP contribution in [0, 0.1) is 0 Å². The molecule has 2 aromatic rings. The number of urea groups is 1. The maximum Gasteiger partial charge on any atom is 0.335 e. The Kier molecular flexibility index (Phi) is 5.59. The van der Waals surface area contributed by atoms with Gasteiger partial charge in [-0.3, -0.25) is 9.59 Å². The summed E-state index contributed by atoms with van der Waals surface area (Å²) < 4.78 is 5.76. The molecule has 0 aromatic heterocycles.